The lowest BCUT2D eigenvalue weighted by atomic mass is 10.2. The van der Waals surface area contributed by atoms with Gasteiger partial charge in [0.05, 0.1) is 12.9 Å². The Labute approximate surface area is 104 Å². The molecule has 0 heterocycles. The van der Waals surface area contributed by atoms with E-state index in [1.54, 1.807) is 18.2 Å². The molecule has 1 rings (SSSR count). The highest BCUT2D eigenvalue weighted by Gasteiger charge is 2.20. The first-order valence-corrected chi connectivity index (χ1v) is 6.86. The lowest BCUT2D eigenvalue weighted by Gasteiger charge is -2.08. The van der Waals surface area contributed by atoms with Crippen molar-refractivity contribution < 1.29 is 17.9 Å². The van der Waals surface area contributed by atoms with Crippen LogP contribution in [0.15, 0.2) is 18.2 Å². The second-order valence-electron chi connectivity index (χ2n) is 3.42. The zero-order chi connectivity index (χ0) is 13.1. The van der Waals surface area contributed by atoms with Gasteiger partial charge < -0.3 is 10.5 Å². The van der Waals surface area contributed by atoms with Crippen LogP contribution in [-0.4, -0.2) is 27.2 Å². The molecule has 94 valence electrons. The van der Waals surface area contributed by atoms with E-state index in [9.17, 15) is 13.2 Å². The number of ether oxygens (including phenoxy) is 1. The molecule has 0 saturated heterocycles. The van der Waals surface area contributed by atoms with Gasteiger partial charge in [-0.3, -0.25) is 4.79 Å². The Balaban J connectivity index is 2.95. The molecule has 0 amide bonds. The average molecular weight is 278 g/mol. The maximum Gasteiger partial charge on any atom is 0.320 e. The van der Waals surface area contributed by atoms with Crippen LogP contribution in [0.5, 0.6) is 0 Å². The number of sulfone groups is 1. The normalized spacial score (nSPS) is 11.2. The van der Waals surface area contributed by atoms with Crippen molar-refractivity contribution in [2.45, 2.75) is 5.75 Å². The van der Waals surface area contributed by atoms with Crippen molar-refractivity contribution in [3.05, 3.63) is 28.8 Å². The van der Waals surface area contributed by atoms with E-state index in [4.69, 9.17) is 17.3 Å². The van der Waals surface area contributed by atoms with Crippen molar-refractivity contribution >= 4 is 33.1 Å². The van der Waals surface area contributed by atoms with Crippen molar-refractivity contribution in [1.29, 1.82) is 0 Å². The summed E-state index contributed by atoms with van der Waals surface area (Å²) in [5, 5.41) is 0.262. The Morgan fingerprint density at radius 3 is 2.65 bits per heavy atom. The third-order valence-corrected chi connectivity index (χ3v) is 3.84. The van der Waals surface area contributed by atoms with Gasteiger partial charge in [0.15, 0.2) is 9.84 Å². The number of anilines is 1. The van der Waals surface area contributed by atoms with Crippen LogP contribution < -0.4 is 5.73 Å². The molecule has 0 aliphatic rings. The van der Waals surface area contributed by atoms with Gasteiger partial charge in [0.25, 0.3) is 0 Å². The van der Waals surface area contributed by atoms with Crippen LogP contribution in [-0.2, 0) is 25.1 Å². The highest BCUT2D eigenvalue weighted by atomic mass is 35.5. The number of methoxy groups -OCH3 is 1. The molecule has 1 aromatic carbocycles. The molecular weight excluding hydrogens is 266 g/mol. The molecule has 0 unspecified atom stereocenters. The predicted molar refractivity (Wildman–Crippen MR) is 65.4 cm³/mol. The Hall–Kier alpha value is -1.27. The van der Waals surface area contributed by atoms with E-state index in [2.05, 4.69) is 4.74 Å². The summed E-state index contributed by atoms with van der Waals surface area (Å²) >= 11 is 5.85. The van der Waals surface area contributed by atoms with Gasteiger partial charge in [0, 0.05) is 16.3 Å². The van der Waals surface area contributed by atoms with Crippen LogP contribution in [0.3, 0.4) is 0 Å². The van der Waals surface area contributed by atoms with Gasteiger partial charge in [-0.2, -0.15) is 0 Å². The number of esters is 1. The second-order valence-corrected chi connectivity index (χ2v) is 5.89. The topological polar surface area (TPSA) is 86.5 Å². The van der Waals surface area contributed by atoms with E-state index in [1.807, 2.05) is 0 Å². The molecule has 1 aromatic rings. The highest BCUT2D eigenvalue weighted by Crippen LogP contribution is 2.24. The van der Waals surface area contributed by atoms with Gasteiger partial charge in [-0.1, -0.05) is 17.7 Å². The lowest BCUT2D eigenvalue weighted by molar-refractivity contribution is -0.137. The van der Waals surface area contributed by atoms with Crippen molar-refractivity contribution in [2.75, 3.05) is 18.6 Å². The molecule has 7 heteroatoms. The summed E-state index contributed by atoms with van der Waals surface area (Å²) < 4.78 is 27.6. The summed E-state index contributed by atoms with van der Waals surface area (Å²) in [7, 11) is -2.50. The molecule has 0 atom stereocenters. The first kappa shape index (κ1) is 13.8. The lowest BCUT2D eigenvalue weighted by Crippen LogP contribution is -2.19. The summed E-state index contributed by atoms with van der Waals surface area (Å²) in [6.45, 7) is 0. The van der Waals surface area contributed by atoms with Gasteiger partial charge >= 0.3 is 5.97 Å². The highest BCUT2D eigenvalue weighted by molar-refractivity contribution is 7.91. The quantitative estimate of drug-likeness (QED) is 0.656. The fourth-order valence-electron chi connectivity index (χ4n) is 1.24. The Bertz CT molecular complexity index is 507. The Morgan fingerprint density at radius 2 is 2.12 bits per heavy atom. The van der Waals surface area contributed by atoms with Gasteiger partial charge in [0.1, 0.15) is 5.75 Å². The van der Waals surface area contributed by atoms with Crippen LogP contribution >= 0.6 is 11.6 Å². The summed E-state index contributed by atoms with van der Waals surface area (Å²) in [5.74, 6) is -1.88. The van der Waals surface area contributed by atoms with Crippen molar-refractivity contribution in [2.24, 2.45) is 0 Å². The van der Waals surface area contributed by atoms with Gasteiger partial charge in [-0.15, -0.1) is 0 Å². The van der Waals surface area contributed by atoms with Crippen LogP contribution in [0.1, 0.15) is 5.56 Å². The number of carbonyl (C=O) groups is 1. The fraction of sp³-hybridized carbons (Fsp3) is 0.300. The third-order valence-electron chi connectivity index (χ3n) is 2.08. The van der Waals surface area contributed by atoms with E-state index in [0.29, 0.717) is 5.56 Å². The number of nitrogen functional groups attached to an aromatic ring is 1. The molecule has 0 spiro atoms. The largest absolute Gasteiger partial charge is 0.468 e. The number of benzene rings is 1. The second kappa shape index (κ2) is 5.37. The molecule has 0 saturated carbocycles. The van der Waals surface area contributed by atoms with E-state index in [0.717, 1.165) is 7.11 Å². The first-order valence-electron chi connectivity index (χ1n) is 4.66. The molecule has 0 bridgehead atoms. The summed E-state index contributed by atoms with van der Waals surface area (Å²) in [4.78, 5) is 10.9. The van der Waals surface area contributed by atoms with Crippen LogP contribution in [0.4, 0.5) is 5.69 Å². The molecule has 0 radical (unpaired) electrons. The summed E-state index contributed by atoms with van der Waals surface area (Å²) in [5.41, 5.74) is 6.21. The van der Waals surface area contributed by atoms with Gasteiger partial charge in [-0.25, -0.2) is 8.42 Å². The van der Waals surface area contributed by atoms with E-state index in [-0.39, 0.29) is 16.5 Å². The fourth-order valence-corrected chi connectivity index (χ4v) is 2.91. The van der Waals surface area contributed by atoms with E-state index < -0.39 is 21.6 Å². The van der Waals surface area contributed by atoms with E-state index >= 15 is 0 Å². The standard InChI is InChI=1S/C10H12ClNO4S/c1-16-10(13)6-17(14,15)5-7-8(11)3-2-4-9(7)12/h2-4H,5-6,12H2,1H3. The van der Waals surface area contributed by atoms with E-state index in [1.165, 1.54) is 0 Å². The number of rotatable bonds is 4. The average Bonchev–Trinajstić information content (AvgIpc) is 2.23. The SMILES string of the molecule is COC(=O)CS(=O)(=O)Cc1c(N)cccc1Cl. The number of halogens is 1. The Morgan fingerprint density at radius 1 is 1.47 bits per heavy atom. The smallest absolute Gasteiger partial charge is 0.320 e. The van der Waals surface area contributed by atoms with Crippen molar-refractivity contribution in [3.63, 3.8) is 0 Å². The first-order chi connectivity index (χ1) is 7.85. The zero-order valence-electron chi connectivity index (χ0n) is 9.14. The molecule has 5 nitrogen and oxygen atoms in total. The van der Waals surface area contributed by atoms with Crippen LogP contribution in [0, 0.1) is 0 Å². The molecule has 0 aliphatic carbocycles. The maximum absolute atomic E-state index is 11.7. The number of carbonyl (C=O) groups excluding carboxylic acids is 1. The van der Waals surface area contributed by atoms with Crippen LogP contribution in [0.2, 0.25) is 5.02 Å². The number of hydrogen-bond acceptors (Lipinski definition) is 5. The van der Waals surface area contributed by atoms with Gasteiger partial charge in [0.2, 0.25) is 0 Å². The summed E-state index contributed by atoms with van der Waals surface area (Å²) in [6, 6.07) is 4.71. The Kier molecular flexibility index (Phi) is 4.36. The minimum absolute atomic E-state index is 0.262. The van der Waals surface area contributed by atoms with Crippen molar-refractivity contribution in [1.82, 2.24) is 0 Å². The molecular formula is C10H12ClNO4S. The van der Waals surface area contributed by atoms with Crippen LogP contribution in [0.25, 0.3) is 0 Å². The predicted octanol–water partition coefficient (Wildman–Crippen LogP) is 1.01. The van der Waals surface area contributed by atoms with Crippen molar-refractivity contribution in [3.8, 4) is 0 Å². The molecule has 0 aliphatic heterocycles. The molecule has 17 heavy (non-hydrogen) atoms. The monoisotopic (exact) mass is 277 g/mol. The number of nitrogens with two attached hydrogens (primary N) is 1. The minimum atomic E-state index is -3.63. The maximum atomic E-state index is 11.7. The molecule has 0 aromatic heterocycles. The zero-order valence-corrected chi connectivity index (χ0v) is 10.7. The number of hydrogen-bond donors (Lipinski definition) is 1. The summed E-state index contributed by atoms with van der Waals surface area (Å²) in [6.07, 6.45) is 0. The third kappa shape index (κ3) is 3.90. The minimum Gasteiger partial charge on any atom is -0.468 e. The van der Waals surface area contributed by atoms with Gasteiger partial charge in [-0.05, 0) is 12.1 Å². The molecule has 0 fully saturated rings. The molecule has 2 N–H and O–H groups in total.